The number of aryl methyl sites for hydroxylation is 3. The van der Waals surface area contributed by atoms with Gasteiger partial charge in [-0.3, -0.25) is 9.10 Å². The van der Waals surface area contributed by atoms with E-state index in [1.165, 1.54) is 18.3 Å². The summed E-state index contributed by atoms with van der Waals surface area (Å²) < 4.78 is 30.3. The molecule has 0 unspecified atom stereocenters. The van der Waals surface area contributed by atoms with Gasteiger partial charge in [-0.25, -0.2) is 13.8 Å². The molecule has 3 aromatic carbocycles. The molecule has 4 aromatic rings. The predicted molar refractivity (Wildman–Crippen MR) is 163 cm³/mol. The lowest BCUT2D eigenvalue weighted by Gasteiger charge is -2.25. The molecule has 0 saturated carbocycles. The first-order chi connectivity index (χ1) is 18.9. The fourth-order valence-electron chi connectivity index (χ4n) is 4.33. The van der Waals surface area contributed by atoms with Gasteiger partial charge in [-0.1, -0.05) is 58.6 Å². The molecule has 208 valence electrons. The summed E-state index contributed by atoms with van der Waals surface area (Å²) in [6.07, 6.45) is 1.50. The highest BCUT2D eigenvalue weighted by atomic mass is 35.5. The number of carbonyl (C=O) groups is 1. The smallest absolute Gasteiger partial charge is 0.264 e. The first-order valence-electron chi connectivity index (χ1n) is 12.2. The average Bonchev–Trinajstić information content (AvgIpc) is 3.17. The van der Waals surface area contributed by atoms with E-state index in [0.29, 0.717) is 26.3 Å². The number of nitrogens with zero attached hydrogens (tertiary/aromatic N) is 3. The van der Waals surface area contributed by atoms with Crippen molar-refractivity contribution < 1.29 is 13.2 Å². The molecule has 1 N–H and O–H groups in total. The average molecular weight is 618 g/mol. The molecular formula is C29H27Cl3N4O3S. The fraction of sp³-hybridized carbons (Fsp3) is 0.172. The Balaban J connectivity index is 1.59. The van der Waals surface area contributed by atoms with Gasteiger partial charge in [0.05, 0.1) is 32.5 Å². The summed E-state index contributed by atoms with van der Waals surface area (Å²) in [5.74, 6) is -0.618. The van der Waals surface area contributed by atoms with Crippen LogP contribution in [0.4, 0.5) is 5.69 Å². The van der Waals surface area contributed by atoms with Crippen LogP contribution < -0.4 is 9.73 Å². The number of hydrazone groups is 1. The van der Waals surface area contributed by atoms with E-state index in [9.17, 15) is 13.2 Å². The van der Waals surface area contributed by atoms with E-state index >= 15 is 0 Å². The van der Waals surface area contributed by atoms with E-state index in [2.05, 4.69) is 10.5 Å². The molecule has 1 amide bonds. The maximum absolute atomic E-state index is 13.6. The van der Waals surface area contributed by atoms with Gasteiger partial charge in [0.2, 0.25) is 0 Å². The van der Waals surface area contributed by atoms with Gasteiger partial charge >= 0.3 is 0 Å². The summed E-state index contributed by atoms with van der Waals surface area (Å²) >= 11 is 18.7. The minimum atomic E-state index is -4.07. The third kappa shape index (κ3) is 6.20. The first-order valence-corrected chi connectivity index (χ1v) is 14.8. The molecule has 0 saturated heterocycles. The summed E-state index contributed by atoms with van der Waals surface area (Å²) in [6.45, 7) is 6.92. The molecule has 0 aliphatic heterocycles. The predicted octanol–water partition coefficient (Wildman–Crippen LogP) is 7.02. The Morgan fingerprint density at radius 2 is 1.68 bits per heavy atom. The molecule has 0 radical (unpaired) electrons. The lowest BCUT2D eigenvalue weighted by Crippen LogP contribution is -2.40. The molecule has 0 fully saturated rings. The van der Waals surface area contributed by atoms with E-state index in [4.69, 9.17) is 34.8 Å². The Hall–Kier alpha value is -3.30. The maximum Gasteiger partial charge on any atom is 0.264 e. The number of hydrogen-bond donors (Lipinski definition) is 1. The minimum Gasteiger partial charge on any atom is -0.316 e. The number of carbonyl (C=O) groups excluding carboxylic acids is 1. The number of rotatable bonds is 8. The molecule has 1 heterocycles. The highest BCUT2D eigenvalue weighted by molar-refractivity contribution is 7.92. The van der Waals surface area contributed by atoms with Gasteiger partial charge in [-0.15, -0.1) is 0 Å². The number of amides is 1. The van der Waals surface area contributed by atoms with E-state index in [0.717, 1.165) is 32.5 Å². The summed E-state index contributed by atoms with van der Waals surface area (Å²) in [5.41, 5.74) is 7.50. The standard InChI is InChI=1S/C29H27Cl3N4O3S/c1-18-8-11-24(12-9-18)40(38,39)35(26-13-10-23(30)14-19(26)2)17-28(37)34-33-16-22-15-20(3)36(21(22)4)27-7-5-6-25(31)29(27)32/h5-16H,17H2,1-4H3,(H,34,37)/b33-16+. The van der Waals surface area contributed by atoms with Crippen molar-refractivity contribution in [3.63, 3.8) is 0 Å². The number of aromatic nitrogens is 1. The minimum absolute atomic E-state index is 0.0656. The number of anilines is 1. The molecule has 0 aliphatic carbocycles. The Morgan fingerprint density at radius 1 is 0.975 bits per heavy atom. The lowest BCUT2D eigenvalue weighted by atomic mass is 10.2. The molecule has 0 spiro atoms. The largest absolute Gasteiger partial charge is 0.316 e. The molecular weight excluding hydrogens is 591 g/mol. The van der Waals surface area contributed by atoms with Gasteiger partial charge in [-0.2, -0.15) is 5.10 Å². The van der Waals surface area contributed by atoms with Crippen LogP contribution in [-0.4, -0.2) is 31.7 Å². The Bertz CT molecular complexity index is 1720. The van der Waals surface area contributed by atoms with E-state index in [-0.39, 0.29) is 4.90 Å². The summed E-state index contributed by atoms with van der Waals surface area (Å²) in [4.78, 5) is 13.1. The molecule has 0 aliphatic rings. The van der Waals surface area contributed by atoms with Crippen LogP contribution in [0.25, 0.3) is 5.69 Å². The molecule has 0 bridgehead atoms. The first kappa shape index (κ1) is 29.7. The maximum atomic E-state index is 13.6. The summed E-state index contributed by atoms with van der Waals surface area (Å²) in [6, 6.07) is 18.5. The third-order valence-corrected chi connectivity index (χ3v) is 9.18. The monoisotopic (exact) mass is 616 g/mol. The molecule has 40 heavy (non-hydrogen) atoms. The van der Waals surface area contributed by atoms with Gasteiger partial charge in [0.15, 0.2) is 0 Å². The van der Waals surface area contributed by atoms with Gasteiger partial charge in [0.1, 0.15) is 6.54 Å². The van der Waals surface area contributed by atoms with Crippen LogP contribution in [0, 0.1) is 27.7 Å². The normalized spacial score (nSPS) is 11.7. The van der Waals surface area contributed by atoms with E-state index in [1.807, 2.05) is 43.5 Å². The van der Waals surface area contributed by atoms with Gasteiger partial charge < -0.3 is 4.57 Å². The van der Waals surface area contributed by atoms with E-state index < -0.39 is 22.5 Å². The van der Waals surface area contributed by atoms with Crippen molar-refractivity contribution in [1.29, 1.82) is 0 Å². The molecule has 1 aromatic heterocycles. The van der Waals surface area contributed by atoms with Crippen LogP contribution in [0.3, 0.4) is 0 Å². The zero-order chi connectivity index (χ0) is 29.2. The number of benzene rings is 3. The molecule has 4 rings (SSSR count). The van der Waals surface area contributed by atoms with Gasteiger partial charge in [-0.05, 0) is 81.8 Å². The lowest BCUT2D eigenvalue weighted by molar-refractivity contribution is -0.119. The van der Waals surface area contributed by atoms with Gasteiger partial charge in [0, 0.05) is 22.0 Å². The van der Waals surface area contributed by atoms with Crippen molar-refractivity contribution in [2.24, 2.45) is 5.10 Å². The van der Waals surface area contributed by atoms with Crippen LogP contribution in [0.15, 0.2) is 76.7 Å². The van der Waals surface area contributed by atoms with Gasteiger partial charge in [0.25, 0.3) is 15.9 Å². The second-order valence-electron chi connectivity index (χ2n) is 9.28. The molecule has 0 atom stereocenters. The van der Waals surface area contributed by atoms with Crippen molar-refractivity contribution in [3.8, 4) is 5.69 Å². The van der Waals surface area contributed by atoms with E-state index in [1.54, 1.807) is 43.3 Å². The third-order valence-electron chi connectivity index (χ3n) is 6.36. The second-order valence-corrected chi connectivity index (χ2v) is 12.4. The molecule has 11 heteroatoms. The second kappa shape index (κ2) is 12.1. The van der Waals surface area contributed by atoms with Crippen molar-refractivity contribution in [3.05, 3.63) is 110 Å². The topological polar surface area (TPSA) is 83.8 Å². The van der Waals surface area contributed by atoms with Crippen LogP contribution in [0.2, 0.25) is 15.1 Å². The number of nitrogens with one attached hydrogen (secondary N) is 1. The van der Waals surface area contributed by atoms with Crippen LogP contribution in [0.1, 0.15) is 28.1 Å². The quantitative estimate of drug-likeness (QED) is 0.170. The Morgan fingerprint density at radius 3 is 2.35 bits per heavy atom. The van der Waals surface area contributed by atoms with Crippen molar-refractivity contribution in [1.82, 2.24) is 9.99 Å². The SMILES string of the molecule is Cc1ccc(S(=O)(=O)N(CC(=O)N/N=C/c2cc(C)n(-c3cccc(Cl)c3Cl)c2C)c2ccc(Cl)cc2C)cc1. The fourth-order valence-corrected chi connectivity index (χ4v) is 6.42. The highest BCUT2D eigenvalue weighted by Crippen LogP contribution is 2.32. The summed E-state index contributed by atoms with van der Waals surface area (Å²) in [5, 5.41) is 5.42. The molecule has 7 nitrogen and oxygen atoms in total. The number of hydrogen-bond acceptors (Lipinski definition) is 4. The van der Waals surface area contributed by atoms with Crippen LogP contribution >= 0.6 is 34.8 Å². The van der Waals surface area contributed by atoms with Crippen molar-refractivity contribution in [2.75, 3.05) is 10.8 Å². The Labute approximate surface area is 249 Å². The summed E-state index contributed by atoms with van der Waals surface area (Å²) in [7, 11) is -4.07. The van der Waals surface area contributed by atoms with Crippen LogP contribution in [-0.2, 0) is 14.8 Å². The number of halogens is 3. The zero-order valence-electron chi connectivity index (χ0n) is 22.2. The zero-order valence-corrected chi connectivity index (χ0v) is 25.3. The van der Waals surface area contributed by atoms with Crippen LogP contribution in [0.5, 0.6) is 0 Å². The van der Waals surface area contributed by atoms with Crippen molar-refractivity contribution in [2.45, 2.75) is 32.6 Å². The Kier molecular flexibility index (Phi) is 8.95. The van der Waals surface area contributed by atoms with Crippen molar-refractivity contribution >= 4 is 62.6 Å². The number of sulfonamides is 1. The highest BCUT2D eigenvalue weighted by Gasteiger charge is 2.28.